The molecule has 0 saturated heterocycles. The first-order chi connectivity index (χ1) is 8.99. The number of nitrogens with two attached hydrogens (primary N) is 1. The smallest absolute Gasteiger partial charge is 0.258 e. The summed E-state index contributed by atoms with van der Waals surface area (Å²) in [6.45, 7) is 2.00. The molecule has 0 unspecified atom stereocenters. The molecule has 0 aromatic heterocycles. The zero-order chi connectivity index (χ0) is 14.0. The summed E-state index contributed by atoms with van der Waals surface area (Å²) >= 11 is 3.32. The number of rotatable bonds is 2. The summed E-state index contributed by atoms with van der Waals surface area (Å²) in [5.41, 5.74) is 8.92. The standard InChI is InChI=1S/C15H15BrN2O/c1-10-4-3-5-12(8-10)18(2)15(19)11-6-7-13(16)14(17)9-11/h3-9H,17H2,1-2H3. The summed E-state index contributed by atoms with van der Waals surface area (Å²) in [7, 11) is 1.76. The minimum Gasteiger partial charge on any atom is -0.398 e. The maximum absolute atomic E-state index is 12.4. The molecular weight excluding hydrogens is 304 g/mol. The average Bonchev–Trinajstić information content (AvgIpc) is 2.40. The van der Waals surface area contributed by atoms with Crippen LogP contribution in [0.1, 0.15) is 15.9 Å². The van der Waals surface area contributed by atoms with Gasteiger partial charge in [0, 0.05) is 28.5 Å². The number of halogens is 1. The van der Waals surface area contributed by atoms with Gasteiger partial charge >= 0.3 is 0 Å². The molecule has 2 rings (SSSR count). The van der Waals surface area contributed by atoms with Crippen molar-refractivity contribution in [3.05, 3.63) is 58.1 Å². The lowest BCUT2D eigenvalue weighted by Gasteiger charge is -2.18. The molecule has 0 saturated carbocycles. The Morgan fingerprint density at radius 2 is 1.95 bits per heavy atom. The van der Waals surface area contributed by atoms with E-state index in [-0.39, 0.29) is 5.91 Å². The van der Waals surface area contributed by atoms with Crippen LogP contribution in [0.5, 0.6) is 0 Å². The third-order valence-electron chi connectivity index (χ3n) is 2.94. The molecule has 0 atom stereocenters. The predicted molar refractivity (Wildman–Crippen MR) is 82.5 cm³/mol. The third kappa shape index (κ3) is 2.96. The van der Waals surface area contributed by atoms with Crippen LogP contribution in [-0.4, -0.2) is 13.0 Å². The highest BCUT2D eigenvalue weighted by Gasteiger charge is 2.14. The molecule has 1 amide bonds. The number of carbonyl (C=O) groups excluding carboxylic acids is 1. The largest absolute Gasteiger partial charge is 0.398 e. The number of carbonyl (C=O) groups is 1. The van der Waals surface area contributed by atoms with E-state index >= 15 is 0 Å². The fourth-order valence-corrected chi connectivity index (χ4v) is 2.07. The number of aryl methyl sites for hydroxylation is 1. The van der Waals surface area contributed by atoms with Gasteiger partial charge in [-0.15, -0.1) is 0 Å². The normalized spacial score (nSPS) is 10.3. The molecule has 0 aliphatic rings. The van der Waals surface area contributed by atoms with E-state index in [4.69, 9.17) is 5.73 Å². The number of benzene rings is 2. The number of hydrogen-bond acceptors (Lipinski definition) is 2. The molecule has 0 spiro atoms. The van der Waals surface area contributed by atoms with Crippen molar-refractivity contribution in [2.24, 2.45) is 0 Å². The average molecular weight is 319 g/mol. The van der Waals surface area contributed by atoms with Gasteiger partial charge in [0.15, 0.2) is 0 Å². The van der Waals surface area contributed by atoms with Crippen molar-refractivity contribution in [1.29, 1.82) is 0 Å². The van der Waals surface area contributed by atoms with Crippen LogP contribution in [0.2, 0.25) is 0 Å². The fraction of sp³-hybridized carbons (Fsp3) is 0.133. The molecule has 3 nitrogen and oxygen atoms in total. The van der Waals surface area contributed by atoms with Crippen LogP contribution in [0.25, 0.3) is 0 Å². The van der Waals surface area contributed by atoms with Gasteiger partial charge in [-0.05, 0) is 58.7 Å². The van der Waals surface area contributed by atoms with Crippen molar-refractivity contribution in [3.8, 4) is 0 Å². The van der Waals surface area contributed by atoms with Gasteiger partial charge in [-0.2, -0.15) is 0 Å². The number of anilines is 2. The molecular formula is C15H15BrN2O. The van der Waals surface area contributed by atoms with Gasteiger partial charge in [0.25, 0.3) is 5.91 Å². The lowest BCUT2D eigenvalue weighted by atomic mass is 10.1. The Balaban J connectivity index is 2.30. The van der Waals surface area contributed by atoms with Crippen molar-refractivity contribution >= 4 is 33.2 Å². The lowest BCUT2D eigenvalue weighted by Crippen LogP contribution is -2.26. The minimum absolute atomic E-state index is 0.0789. The molecule has 0 aliphatic heterocycles. The topological polar surface area (TPSA) is 46.3 Å². The van der Waals surface area contributed by atoms with Gasteiger partial charge < -0.3 is 10.6 Å². The highest BCUT2D eigenvalue weighted by molar-refractivity contribution is 9.10. The molecule has 0 bridgehead atoms. The van der Waals surface area contributed by atoms with Crippen LogP contribution >= 0.6 is 15.9 Å². The Bertz CT molecular complexity index is 625. The second-order valence-corrected chi connectivity index (χ2v) is 5.29. The van der Waals surface area contributed by atoms with Crippen molar-refractivity contribution in [1.82, 2.24) is 0 Å². The number of amides is 1. The van der Waals surface area contributed by atoms with Crippen LogP contribution in [0.15, 0.2) is 46.9 Å². The quantitative estimate of drug-likeness (QED) is 0.860. The Labute approximate surface area is 121 Å². The highest BCUT2D eigenvalue weighted by atomic mass is 79.9. The summed E-state index contributed by atoms with van der Waals surface area (Å²) in [5, 5.41) is 0. The summed E-state index contributed by atoms with van der Waals surface area (Å²) in [4.78, 5) is 14.0. The maximum Gasteiger partial charge on any atom is 0.258 e. The van der Waals surface area contributed by atoms with Gasteiger partial charge in [-0.1, -0.05) is 12.1 Å². The summed E-state index contributed by atoms with van der Waals surface area (Å²) in [5.74, 6) is -0.0789. The minimum atomic E-state index is -0.0789. The number of hydrogen-bond donors (Lipinski definition) is 1. The van der Waals surface area contributed by atoms with Crippen LogP contribution in [-0.2, 0) is 0 Å². The van der Waals surface area contributed by atoms with Crippen molar-refractivity contribution in [3.63, 3.8) is 0 Å². The molecule has 0 fully saturated rings. The summed E-state index contributed by atoms with van der Waals surface area (Å²) in [6.07, 6.45) is 0. The van der Waals surface area contributed by atoms with E-state index in [9.17, 15) is 4.79 Å². The van der Waals surface area contributed by atoms with Gasteiger partial charge in [0.05, 0.1) is 0 Å². The summed E-state index contributed by atoms with van der Waals surface area (Å²) < 4.78 is 0.794. The van der Waals surface area contributed by atoms with E-state index in [1.54, 1.807) is 30.1 Å². The van der Waals surface area contributed by atoms with Gasteiger partial charge in [0.2, 0.25) is 0 Å². The highest BCUT2D eigenvalue weighted by Crippen LogP contribution is 2.22. The zero-order valence-electron chi connectivity index (χ0n) is 10.9. The van der Waals surface area contributed by atoms with Crippen LogP contribution in [0, 0.1) is 6.92 Å². The Morgan fingerprint density at radius 3 is 2.58 bits per heavy atom. The van der Waals surface area contributed by atoms with Crippen LogP contribution in [0.3, 0.4) is 0 Å². The Morgan fingerprint density at radius 1 is 1.21 bits per heavy atom. The van der Waals surface area contributed by atoms with Gasteiger partial charge in [0.1, 0.15) is 0 Å². The molecule has 0 heterocycles. The van der Waals surface area contributed by atoms with Crippen molar-refractivity contribution < 1.29 is 4.79 Å². The Hall–Kier alpha value is -1.81. The number of nitrogens with zero attached hydrogens (tertiary/aromatic N) is 1. The second kappa shape index (κ2) is 5.45. The molecule has 2 aromatic rings. The molecule has 0 aliphatic carbocycles. The zero-order valence-corrected chi connectivity index (χ0v) is 12.4. The molecule has 2 N–H and O–H groups in total. The van der Waals surface area contributed by atoms with E-state index in [0.29, 0.717) is 11.3 Å². The molecule has 98 valence electrons. The predicted octanol–water partition coefficient (Wildman–Crippen LogP) is 3.62. The first-order valence-corrected chi connectivity index (χ1v) is 6.68. The van der Waals surface area contributed by atoms with Crippen molar-refractivity contribution in [2.45, 2.75) is 6.92 Å². The molecule has 0 radical (unpaired) electrons. The monoisotopic (exact) mass is 318 g/mol. The molecule has 19 heavy (non-hydrogen) atoms. The Kier molecular flexibility index (Phi) is 3.90. The van der Waals surface area contributed by atoms with E-state index in [1.807, 2.05) is 31.2 Å². The molecule has 2 aromatic carbocycles. The van der Waals surface area contributed by atoms with Crippen LogP contribution < -0.4 is 10.6 Å². The first kappa shape index (κ1) is 13.6. The first-order valence-electron chi connectivity index (χ1n) is 5.89. The van der Waals surface area contributed by atoms with Gasteiger partial charge in [-0.25, -0.2) is 0 Å². The van der Waals surface area contributed by atoms with E-state index in [1.165, 1.54) is 0 Å². The van der Waals surface area contributed by atoms with Crippen molar-refractivity contribution in [2.75, 3.05) is 17.7 Å². The fourth-order valence-electron chi connectivity index (χ4n) is 1.82. The van der Waals surface area contributed by atoms with E-state index in [2.05, 4.69) is 15.9 Å². The van der Waals surface area contributed by atoms with Crippen LogP contribution in [0.4, 0.5) is 11.4 Å². The third-order valence-corrected chi connectivity index (χ3v) is 3.66. The maximum atomic E-state index is 12.4. The number of nitrogen functional groups attached to an aromatic ring is 1. The SMILES string of the molecule is Cc1cccc(N(C)C(=O)c2ccc(Br)c(N)c2)c1. The lowest BCUT2D eigenvalue weighted by molar-refractivity contribution is 0.0993. The van der Waals surface area contributed by atoms with E-state index in [0.717, 1.165) is 15.7 Å². The summed E-state index contributed by atoms with van der Waals surface area (Å²) in [6, 6.07) is 13.0. The van der Waals surface area contributed by atoms with E-state index < -0.39 is 0 Å². The molecule has 4 heteroatoms. The van der Waals surface area contributed by atoms with Gasteiger partial charge in [-0.3, -0.25) is 4.79 Å². The second-order valence-electron chi connectivity index (χ2n) is 4.44.